The van der Waals surface area contributed by atoms with Gasteiger partial charge >= 0.3 is 19.5 Å². The number of carboxylic acids is 2. The van der Waals surface area contributed by atoms with Gasteiger partial charge in [-0.1, -0.05) is 24.3 Å². The van der Waals surface area contributed by atoms with Gasteiger partial charge in [0.05, 0.1) is 42.6 Å². The smallest absolute Gasteiger partial charge is 0.352 e. The molecule has 0 aliphatic carbocycles. The van der Waals surface area contributed by atoms with Crippen LogP contribution in [0.3, 0.4) is 0 Å². The van der Waals surface area contributed by atoms with Crippen molar-refractivity contribution in [3.63, 3.8) is 0 Å². The van der Waals surface area contributed by atoms with E-state index in [1.54, 1.807) is 74.8 Å². The molecule has 0 radical (unpaired) electrons. The number of hydrogen-bond acceptors (Lipinski definition) is 18. The van der Waals surface area contributed by atoms with Crippen molar-refractivity contribution in [3.8, 4) is 24.7 Å². The molecule has 6 aromatic rings. The van der Waals surface area contributed by atoms with Crippen LogP contribution in [0.5, 0.6) is 0 Å². The van der Waals surface area contributed by atoms with Crippen LogP contribution in [0.2, 0.25) is 0 Å². The zero-order chi connectivity index (χ0) is 48.0. The van der Waals surface area contributed by atoms with E-state index in [0.29, 0.717) is 53.8 Å². The molecule has 0 spiro atoms. The molecule has 0 aliphatic rings. The summed E-state index contributed by atoms with van der Waals surface area (Å²) in [6.07, 6.45) is 15.7. The highest BCUT2D eigenvalue weighted by Gasteiger charge is 2.37. The first-order valence-corrected chi connectivity index (χ1v) is 22.0. The molecule has 0 saturated heterocycles. The molecule has 11 N–H and O–H groups in total. The number of rotatable bonds is 19. The van der Waals surface area contributed by atoms with Gasteiger partial charge in [-0.05, 0) is 68.5 Å². The molecule has 22 heteroatoms. The SMILES string of the molecule is C#CCC(Cc1cnc2nc(N)nc(N)c2n1)c1ccc(C(=O)N[C@@H](CCC(=O)O)P(=O)(OCC)OCC)cc1.C#CCC(Cc1cnc2nc(N)nc(N)c2n1)c1ccc(C(=O)O)cc1. The molecule has 3 atom stereocenters. The molecule has 2 unspecified atom stereocenters. The van der Waals surface area contributed by atoms with E-state index < -0.39 is 31.2 Å². The molecule has 2 aromatic carbocycles. The van der Waals surface area contributed by atoms with Crippen molar-refractivity contribution in [1.82, 2.24) is 45.2 Å². The number of fused-ring (bicyclic) bond motifs is 2. The number of hydrogen-bond donors (Lipinski definition) is 7. The molecule has 1 amide bonds. The lowest BCUT2D eigenvalue weighted by atomic mass is 9.91. The largest absolute Gasteiger partial charge is 0.481 e. The van der Waals surface area contributed by atoms with E-state index in [9.17, 15) is 18.9 Å². The third-order valence-corrected chi connectivity index (χ3v) is 12.2. The second-order valence-corrected chi connectivity index (χ2v) is 16.7. The summed E-state index contributed by atoms with van der Waals surface area (Å²) in [6, 6.07) is 13.4. The Kier molecular flexibility index (Phi) is 16.9. The molecule has 0 aliphatic heterocycles. The number of nitrogens with one attached hydrogen (secondary N) is 1. The molecule has 342 valence electrons. The molecule has 0 fully saturated rings. The first-order chi connectivity index (χ1) is 31.6. The van der Waals surface area contributed by atoms with E-state index in [2.05, 4.69) is 57.0 Å². The standard InChI is InChI=1S/C26H32N7O6P.C18H16N6O2/c1-4-7-18(14-19-15-29-24-22(30-19)23(27)32-26(28)33-24)16-8-10-17(11-9-16)25(36)31-20(12-13-21(34)35)40(37,38-5-2)39-6-3;1-2-3-12(10-4-6-11(7-5-10)17(25)26)8-13-9-21-16-14(22-13)15(19)23-18(20)24-16/h1,8-11,15,18,20H,5-7,12-14H2,2-3H3,(H,31,36)(H,34,35)(H4,27,28,29,32,33);1,4-7,9,12H,3,8H2,(H,25,26)(H4,19,20,21,23,24)/t18?,20-;/m1./s1. The zero-order valence-corrected chi connectivity index (χ0v) is 36.9. The number of nitrogen functional groups attached to an aromatic ring is 4. The van der Waals surface area contributed by atoms with E-state index in [1.165, 1.54) is 0 Å². The van der Waals surface area contributed by atoms with Gasteiger partial charge in [-0.3, -0.25) is 14.2 Å². The maximum absolute atomic E-state index is 13.3. The summed E-state index contributed by atoms with van der Waals surface area (Å²) in [7, 11) is -3.81. The summed E-state index contributed by atoms with van der Waals surface area (Å²) in [5, 5.41) is 20.8. The molecule has 4 heterocycles. The summed E-state index contributed by atoms with van der Waals surface area (Å²) >= 11 is 0. The Morgan fingerprint density at radius 3 is 1.53 bits per heavy atom. The van der Waals surface area contributed by atoms with Gasteiger partial charge in [-0.25, -0.2) is 24.7 Å². The lowest BCUT2D eigenvalue weighted by Gasteiger charge is -2.26. The number of carbonyl (C=O) groups excluding carboxylic acids is 1. The fourth-order valence-electron chi connectivity index (χ4n) is 6.75. The number of aromatic nitrogens is 8. The molecule has 21 nitrogen and oxygen atoms in total. The Labute approximate surface area is 379 Å². The van der Waals surface area contributed by atoms with Crippen molar-refractivity contribution in [2.45, 2.75) is 70.0 Å². The number of nitrogens with zero attached hydrogens (tertiary/aromatic N) is 8. The molecule has 0 bridgehead atoms. The Hall–Kier alpha value is -7.84. The van der Waals surface area contributed by atoms with E-state index in [-0.39, 0.29) is 78.2 Å². The highest BCUT2D eigenvalue weighted by atomic mass is 31.2. The van der Waals surface area contributed by atoms with Gasteiger partial charge in [0.15, 0.2) is 34.0 Å². The minimum absolute atomic E-state index is 0.00758. The van der Waals surface area contributed by atoms with Crippen LogP contribution >= 0.6 is 7.60 Å². The van der Waals surface area contributed by atoms with Crippen molar-refractivity contribution < 1.29 is 38.2 Å². The van der Waals surface area contributed by atoms with Gasteiger partial charge in [0.25, 0.3) is 5.91 Å². The Morgan fingerprint density at radius 1 is 0.697 bits per heavy atom. The van der Waals surface area contributed by atoms with E-state index in [0.717, 1.165) is 11.1 Å². The van der Waals surface area contributed by atoms with Crippen LogP contribution in [0.1, 0.15) is 94.6 Å². The normalized spacial score (nSPS) is 12.5. The van der Waals surface area contributed by atoms with Gasteiger partial charge in [0, 0.05) is 36.7 Å². The van der Waals surface area contributed by atoms with Crippen molar-refractivity contribution in [1.29, 1.82) is 0 Å². The third-order valence-electron chi connectivity index (χ3n) is 9.84. The van der Waals surface area contributed by atoms with Crippen LogP contribution in [0.25, 0.3) is 22.3 Å². The summed E-state index contributed by atoms with van der Waals surface area (Å²) in [5.41, 5.74) is 27.9. The van der Waals surface area contributed by atoms with Crippen LogP contribution in [-0.4, -0.2) is 86.9 Å². The predicted molar refractivity (Wildman–Crippen MR) is 247 cm³/mol. The number of aliphatic carboxylic acids is 1. The lowest BCUT2D eigenvalue weighted by Crippen LogP contribution is -2.36. The van der Waals surface area contributed by atoms with Crippen LogP contribution in [0.15, 0.2) is 60.9 Å². The van der Waals surface area contributed by atoms with Crippen LogP contribution in [0.4, 0.5) is 23.5 Å². The fourth-order valence-corrected chi connectivity index (χ4v) is 8.63. The van der Waals surface area contributed by atoms with Crippen molar-refractivity contribution >= 4 is 71.3 Å². The molecule has 4 aromatic heterocycles. The van der Waals surface area contributed by atoms with E-state index in [4.69, 9.17) is 55.0 Å². The van der Waals surface area contributed by atoms with E-state index in [1.807, 2.05) is 0 Å². The van der Waals surface area contributed by atoms with Crippen LogP contribution in [0, 0.1) is 24.7 Å². The highest BCUT2D eigenvalue weighted by molar-refractivity contribution is 7.54. The number of amides is 1. The number of carbonyl (C=O) groups is 3. The fraction of sp³-hybridized carbons (Fsp3) is 0.295. The maximum Gasteiger partial charge on any atom is 0.352 e. The van der Waals surface area contributed by atoms with Gasteiger partial charge in [-0.15, -0.1) is 24.7 Å². The van der Waals surface area contributed by atoms with Crippen molar-refractivity contribution in [2.24, 2.45) is 0 Å². The Bertz CT molecular complexity index is 2830. The van der Waals surface area contributed by atoms with Gasteiger partial charge in [0.2, 0.25) is 11.9 Å². The monoisotopic (exact) mass is 917 g/mol. The minimum Gasteiger partial charge on any atom is -0.481 e. The van der Waals surface area contributed by atoms with Crippen molar-refractivity contribution in [3.05, 3.63) is 94.6 Å². The quantitative estimate of drug-likeness (QED) is 0.0425. The molecule has 0 saturated carbocycles. The molecular formula is C44H48N13O8P. The number of nitrogens with two attached hydrogens (primary N) is 4. The molecular weight excluding hydrogens is 870 g/mol. The first-order valence-electron chi connectivity index (χ1n) is 20.4. The number of aromatic carboxylic acids is 1. The van der Waals surface area contributed by atoms with Crippen molar-refractivity contribution in [2.75, 3.05) is 36.1 Å². The lowest BCUT2D eigenvalue weighted by molar-refractivity contribution is -0.137. The van der Waals surface area contributed by atoms with Crippen LogP contribution < -0.4 is 28.3 Å². The first kappa shape index (κ1) is 49.2. The minimum atomic E-state index is -3.81. The number of anilines is 4. The number of benzene rings is 2. The maximum atomic E-state index is 13.3. The molecule has 66 heavy (non-hydrogen) atoms. The second kappa shape index (κ2) is 22.7. The second-order valence-electron chi connectivity index (χ2n) is 14.5. The van der Waals surface area contributed by atoms with Crippen LogP contribution in [-0.2, 0) is 31.2 Å². The highest BCUT2D eigenvalue weighted by Crippen LogP contribution is 2.53. The van der Waals surface area contributed by atoms with Gasteiger partial charge < -0.3 is 47.5 Å². The topological polar surface area (TPSA) is 346 Å². The third kappa shape index (κ3) is 12.9. The Balaban J connectivity index is 0.000000270. The predicted octanol–water partition coefficient (Wildman–Crippen LogP) is 4.75. The average molecular weight is 918 g/mol. The zero-order valence-electron chi connectivity index (χ0n) is 36.0. The molecule has 6 rings (SSSR count). The van der Waals surface area contributed by atoms with Gasteiger partial charge in [0.1, 0.15) is 5.78 Å². The Morgan fingerprint density at radius 2 is 1.14 bits per heavy atom. The summed E-state index contributed by atoms with van der Waals surface area (Å²) in [5.74, 6) is 1.72. The number of terminal acetylenes is 2. The summed E-state index contributed by atoms with van der Waals surface area (Å²) in [6.45, 7) is 3.40. The number of carboxylic acid groups (broad SMARTS) is 2. The summed E-state index contributed by atoms with van der Waals surface area (Å²) in [4.78, 5) is 68.6. The van der Waals surface area contributed by atoms with Gasteiger partial charge in [-0.2, -0.15) is 19.9 Å². The summed E-state index contributed by atoms with van der Waals surface area (Å²) < 4.78 is 24.0. The average Bonchev–Trinajstić information content (AvgIpc) is 3.28. The van der Waals surface area contributed by atoms with E-state index >= 15 is 0 Å².